The van der Waals surface area contributed by atoms with Crippen molar-refractivity contribution in [3.8, 4) is 0 Å². The van der Waals surface area contributed by atoms with Gasteiger partial charge in [-0.15, -0.1) is 0 Å². The lowest BCUT2D eigenvalue weighted by Crippen LogP contribution is -2.36. The van der Waals surface area contributed by atoms with Crippen molar-refractivity contribution in [1.29, 1.82) is 0 Å². The smallest absolute Gasteiger partial charge is 0.409 e. The maximum absolute atomic E-state index is 11.9. The van der Waals surface area contributed by atoms with E-state index in [2.05, 4.69) is 13.8 Å². The van der Waals surface area contributed by atoms with Gasteiger partial charge in [-0.1, -0.05) is 13.8 Å². The predicted molar refractivity (Wildman–Crippen MR) is 64.7 cm³/mol. The van der Waals surface area contributed by atoms with Crippen molar-refractivity contribution in [3.05, 3.63) is 0 Å². The second-order valence-corrected chi connectivity index (χ2v) is 4.23. The zero-order chi connectivity index (χ0) is 12.7. The molecule has 0 unspecified atom stereocenters. The third-order valence-electron chi connectivity index (χ3n) is 2.78. The molecule has 1 fully saturated rings. The van der Waals surface area contributed by atoms with E-state index in [-0.39, 0.29) is 12.0 Å². The van der Waals surface area contributed by atoms with Gasteiger partial charge in [0, 0.05) is 26.1 Å². The zero-order valence-electron chi connectivity index (χ0n) is 10.8. The highest BCUT2D eigenvalue weighted by molar-refractivity contribution is 5.77. The third-order valence-corrected chi connectivity index (χ3v) is 2.78. The second kappa shape index (κ2) is 7.14. The summed E-state index contributed by atoms with van der Waals surface area (Å²) in [6.45, 7) is 7.26. The quantitative estimate of drug-likeness (QED) is 0.679. The maximum atomic E-state index is 11.9. The van der Waals surface area contributed by atoms with Gasteiger partial charge >= 0.3 is 6.09 Å². The molecule has 5 heteroatoms. The van der Waals surface area contributed by atoms with E-state index >= 15 is 0 Å². The van der Waals surface area contributed by atoms with E-state index in [1.54, 1.807) is 4.90 Å². The molecule has 1 heterocycles. The summed E-state index contributed by atoms with van der Waals surface area (Å²) in [6, 6.07) is 0. The van der Waals surface area contributed by atoms with Crippen LogP contribution >= 0.6 is 0 Å². The molecule has 1 rings (SSSR count). The van der Waals surface area contributed by atoms with Crippen LogP contribution in [0.3, 0.4) is 0 Å². The Morgan fingerprint density at radius 1 is 1.35 bits per heavy atom. The Labute approximate surface area is 103 Å². The van der Waals surface area contributed by atoms with Gasteiger partial charge in [0.15, 0.2) is 0 Å². The molecule has 0 aromatic heterocycles. The minimum atomic E-state index is -0.296. The molecule has 1 aliphatic heterocycles. The van der Waals surface area contributed by atoms with Crippen LogP contribution in [-0.2, 0) is 9.53 Å². The summed E-state index contributed by atoms with van der Waals surface area (Å²) in [5.74, 6) is 0.133. The molecule has 0 aromatic rings. The van der Waals surface area contributed by atoms with Crippen LogP contribution in [0.2, 0.25) is 0 Å². The number of carbonyl (C=O) groups is 2. The molecule has 0 bridgehead atoms. The summed E-state index contributed by atoms with van der Waals surface area (Å²) in [4.78, 5) is 26.6. The molecule has 0 aromatic carbocycles. The standard InChI is InChI=1S/C12H22N2O3/c1-3-6-13(7-4-2)11(15)5-8-14-9-10-17-12(14)16/h3-10H2,1-2H3. The maximum Gasteiger partial charge on any atom is 0.409 e. The van der Waals surface area contributed by atoms with Gasteiger partial charge in [-0.05, 0) is 12.8 Å². The number of ether oxygens (including phenoxy) is 1. The van der Waals surface area contributed by atoms with Gasteiger partial charge in [0.05, 0.1) is 6.54 Å². The predicted octanol–water partition coefficient (Wildman–Crippen LogP) is 1.48. The highest BCUT2D eigenvalue weighted by Gasteiger charge is 2.23. The Balaban J connectivity index is 2.33. The van der Waals surface area contributed by atoms with Gasteiger partial charge < -0.3 is 14.5 Å². The summed E-state index contributed by atoms with van der Waals surface area (Å²) >= 11 is 0. The average Bonchev–Trinajstić information content (AvgIpc) is 2.71. The first-order chi connectivity index (χ1) is 8.19. The fourth-order valence-corrected chi connectivity index (χ4v) is 1.92. The SMILES string of the molecule is CCCN(CCC)C(=O)CCN1CCOC1=O. The van der Waals surface area contributed by atoms with Crippen molar-refractivity contribution in [1.82, 2.24) is 9.80 Å². The topological polar surface area (TPSA) is 49.9 Å². The minimum Gasteiger partial charge on any atom is -0.448 e. The summed E-state index contributed by atoms with van der Waals surface area (Å²) in [5, 5.41) is 0. The molecule has 0 atom stereocenters. The largest absolute Gasteiger partial charge is 0.448 e. The highest BCUT2D eigenvalue weighted by Crippen LogP contribution is 2.06. The third kappa shape index (κ3) is 4.24. The lowest BCUT2D eigenvalue weighted by atomic mass is 10.3. The minimum absolute atomic E-state index is 0.133. The van der Waals surface area contributed by atoms with Gasteiger partial charge in [0.1, 0.15) is 6.61 Å². The molecule has 98 valence electrons. The number of nitrogens with zero attached hydrogens (tertiary/aromatic N) is 2. The van der Waals surface area contributed by atoms with Crippen LogP contribution in [0.1, 0.15) is 33.1 Å². The van der Waals surface area contributed by atoms with Crippen molar-refractivity contribution in [2.45, 2.75) is 33.1 Å². The number of rotatable bonds is 7. The monoisotopic (exact) mass is 242 g/mol. The fraction of sp³-hybridized carbons (Fsp3) is 0.833. The molecule has 1 aliphatic rings. The molecule has 1 saturated heterocycles. The number of cyclic esters (lactones) is 1. The number of hydrogen-bond donors (Lipinski definition) is 0. The van der Waals surface area contributed by atoms with Crippen molar-refractivity contribution in [3.63, 3.8) is 0 Å². The van der Waals surface area contributed by atoms with Crippen molar-refractivity contribution in [2.75, 3.05) is 32.8 Å². The molecule has 17 heavy (non-hydrogen) atoms. The van der Waals surface area contributed by atoms with Gasteiger partial charge in [0.2, 0.25) is 5.91 Å². The summed E-state index contributed by atoms with van der Waals surface area (Å²) in [7, 11) is 0. The molecular weight excluding hydrogens is 220 g/mol. The first-order valence-corrected chi connectivity index (χ1v) is 6.38. The Bertz CT molecular complexity index is 262. The van der Waals surface area contributed by atoms with Crippen molar-refractivity contribution in [2.24, 2.45) is 0 Å². The molecule has 0 spiro atoms. The van der Waals surface area contributed by atoms with Crippen LogP contribution < -0.4 is 0 Å². The number of hydrogen-bond acceptors (Lipinski definition) is 3. The van der Waals surface area contributed by atoms with Crippen LogP contribution in [-0.4, -0.2) is 54.6 Å². The van der Waals surface area contributed by atoms with Gasteiger partial charge in [0.25, 0.3) is 0 Å². The Morgan fingerprint density at radius 3 is 2.47 bits per heavy atom. The Kier molecular flexibility index (Phi) is 5.80. The van der Waals surface area contributed by atoms with Crippen LogP contribution in [0.15, 0.2) is 0 Å². The van der Waals surface area contributed by atoms with E-state index in [0.717, 1.165) is 25.9 Å². The van der Waals surface area contributed by atoms with Gasteiger partial charge in [-0.25, -0.2) is 4.79 Å². The van der Waals surface area contributed by atoms with Crippen molar-refractivity contribution < 1.29 is 14.3 Å². The van der Waals surface area contributed by atoms with Gasteiger partial charge in [-0.3, -0.25) is 4.79 Å². The Morgan fingerprint density at radius 2 is 2.00 bits per heavy atom. The molecule has 0 aliphatic carbocycles. The molecule has 5 nitrogen and oxygen atoms in total. The average molecular weight is 242 g/mol. The molecule has 0 radical (unpaired) electrons. The second-order valence-electron chi connectivity index (χ2n) is 4.23. The first kappa shape index (κ1) is 13.8. The van der Waals surface area contributed by atoms with E-state index in [0.29, 0.717) is 26.1 Å². The number of amides is 2. The number of carbonyl (C=O) groups excluding carboxylic acids is 2. The molecule has 0 N–H and O–H groups in total. The van der Waals surface area contributed by atoms with E-state index in [1.807, 2.05) is 4.90 Å². The highest BCUT2D eigenvalue weighted by atomic mass is 16.6. The van der Waals surface area contributed by atoms with E-state index in [4.69, 9.17) is 4.74 Å². The van der Waals surface area contributed by atoms with Crippen LogP contribution in [0.5, 0.6) is 0 Å². The Hall–Kier alpha value is -1.26. The normalized spacial score (nSPS) is 14.9. The van der Waals surface area contributed by atoms with Crippen LogP contribution in [0.25, 0.3) is 0 Å². The van der Waals surface area contributed by atoms with Crippen LogP contribution in [0, 0.1) is 0 Å². The van der Waals surface area contributed by atoms with E-state index in [1.165, 1.54) is 0 Å². The van der Waals surface area contributed by atoms with E-state index < -0.39 is 0 Å². The lowest BCUT2D eigenvalue weighted by molar-refractivity contribution is -0.131. The van der Waals surface area contributed by atoms with Gasteiger partial charge in [-0.2, -0.15) is 0 Å². The lowest BCUT2D eigenvalue weighted by Gasteiger charge is -2.22. The summed E-state index contributed by atoms with van der Waals surface area (Å²) in [5.41, 5.74) is 0. The molecular formula is C12H22N2O3. The molecule has 0 saturated carbocycles. The van der Waals surface area contributed by atoms with Crippen molar-refractivity contribution >= 4 is 12.0 Å². The fourth-order valence-electron chi connectivity index (χ4n) is 1.92. The summed E-state index contributed by atoms with van der Waals surface area (Å²) < 4.78 is 4.82. The molecule has 2 amide bonds. The zero-order valence-corrected chi connectivity index (χ0v) is 10.8. The summed E-state index contributed by atoms with van der Waals surface area (Å²) in [6.07, 6.45) is 2.04. The van der Waals surface area contributed by atoms with Crippen LogP contribution in [0.4, 0.5) is 4.79 Å². The van der Waals surface area contributed by atoms with E-state index in [9.17, 15) is 9.59 Å². The first-order valence-electron chi connectivity index (χ1n) is 6.38.